The van der Waals surface area contributed by atoms with Gasteiger partial charge in [0, 0.05) is 11.8 Å². The van der Waals surface area contributed by atoms with E-state index in [1.807, 2.05) is 0 Å². The van der Waals surface area contributed by atoms with Crippen LogP contribution < -0.4 is 5.32 Å². The molecule has 1 N–H and O–H groups in total. The molecule has 1 heterocycles. The second-order valence-corrected chi connectivity index (χ2v) is 6.51. The van der Waals surface area contributed by atoms with Gasteiger partial charge in [-0.25, -0.2) is 0 Å². The third-order valence-electron chi connectivity index (χ3n) is 3.97. The topological polar surface area (TPSA) is 12.0 Å². The average molecular weight is 263 g/mol. The van der Waals surface area contributed by atoms with Crippen molar-refractivity contribution in [2.45, 2.75) is 39.7 Å². The van der Waals surface area contributed by atoms with Gasteiger partial charge in [-0.2, -0.15) is 11.8 Å². The van der Waals surface area contributed by atoms with Crippen molar-refractivity contribution in [3.63, 3.8) is 0 Å². The molecule has 1 aromatic carbocycles. The first-order valence-corrected chi connectivity index (χ1v) is 8.24. The van der Waals surface area contributed by atoms with Crippen molar-refractivity contribution in [2.75, 3.05) is 18.1 Å². The summed E-state index contributed by atoms with van der Waals surface area (Å²) in [5, 5.41) is 3.72. The van der Waals surface area contributed by atoms with Gasteiger partial charge in [0.15, 0.2) is 0 Å². The van der Waals surface area contributed by atoms with E-state index in [0.717, 1.165) is 12.5 Å². The highest BCUT2D eigenvalue weighted by molar-refractivity contribution is 7.99. The molecule has 0 amide bonds. The minimum atomic E-state index is 0.717. The van der Waals surface area contributed by atoms with E-state index in [-0.39, 0.29) is 0 Å². The van der Waals surface area contributed by atoms with Crippen molar-refractivity contribution in [3.05, 3.63) is 34.9 Å². The van der Waals surface area contributed by atoms with E-state index < -0.39 is 0 Å². The molecule has 1 saturated heterocycles. The predicted molar refractivity (Wildman–Crippen MR) is 82.5 cm³/mol. The van der Waals surface area contributed by atoms with E-state index in [4.69, 9.17) is 0 Å². The molecule has 2 heteroatoms. The van der Waals surface area contributed by atoms with Crippen molar-refractivity contribution in [1.82, 2.24) is 5.32 Å². The Morgan fingerprint density at radius 2 is 1.94 bits per heavy atom. The fourth-order valence-corrected chi connectivity index (χ4v) is 4.22. The minimum absolute atomic E-state index is 0.717. The molecule has 0 spiro atoms. The van der Waals surface area contributed by atoms with Gasteiger partial charge in [0.25, 0.3) is 0 Å². The van der Waals surface area contributed by atoms with Crippen LogP contribution >= 0.6 is 11.8 Å². The molecule has 2 atom stereocenters. The van der Waals surface area contributed by atoms with Crippen molar-refractivity contribution >= 4 is 11.8 Å². The second-order valence-electron chi connectivity index (χ2n) is 5.43. The SMILES string of the molecule is CCCNC1CSCC1Cc1c(C)cccc1C. The van der Waals surface area contributed by atoms with E-state index in [2.05, 4.69) is 56.0 Å². The summed E-state index contributed by atoms with van der Waals surface area (Å²) in [7, 11) is 0. The zero-order chi connectivity index (χ0) is 13.0. The number of thioether (sulfide) groups is 1. The Morgan fingerprint density at radius 3 is 2.61 bits per heavy atom. The fraction of sp³-hybridized carbons (Fsp3) is 0.625. The maximum absolute atomic E-state index is 3.72. The highest BCUT2D eigenvalue weighted by atomic mass is 32.2. The van der Waals surface area contributed by atoms with Gasteiger partial charge in [0.2, 0.25) is 0 Å². The van der Waals surface area contributed by atoms with E-state index >= 15 is 0 Å². The van der Waals surface area contributed by atoms with Gasteiger partial charge in [-0.15, -0.1) is 0 Å². The van der Waals surface area contributed by atoms with E-state index in [1.165, 1.54) is 35.5 Å². The van der Waals surface area contributed by atoms with Crippen molar-refractivity contribution in [1.29, 1.82) is 0 Å². The smallest absolute Gasteiger partial charge is 0.0197 e. The Kier molecular flexibility index (Phi) is 5.13. The first-order chi connectivity index (χ1) is 8.72. The molecule has 1 aliphatic heterocycles. The Balaban J connectivity index is 2.03. The summed E-state index contributed by atoms with van der Waals surface area (Å²) in [6, 6.07) is 7.39. The molecular formula is C16H25NS. The molecule has 0 aromatic heterocycles. The molecule has 1 fully saturated rings. The molecule has 0 saturated carbocycles. The monoisotopic (exact) mass is 263 g/mol. The number of aryl methyl sites for hydroxylation is 2. The van der Waals surface area contributed by atoms with Gasteiger partial charge in [-0.1, -0.05) is 25.1 Å². The lowest BCUT2D eigenvalue weighted by Gasteiger charge is -2.22. The number of nitrogens with one attached hydrogen (secondary N) is 1. The number of hydrogen-bond donors (Lipinski definition) is 1. The van der Waals surface area contributed by atoms with Gasteiger partial charge in [-0.05, 0) is 61.6 Å². The third kappa shape index (κ3) is 3.30. The van der Waals surface area contributed by atoms with Crippen LogP contribution in [0.15, 0.2) is 18.2 Å². The lowest BCUT2D eigenvalue weighted by Crippen LogP contribution is -2.36. The summed E-state index contributed by atoms with van der Waals surface area (Å²) in [5.74, 6) is 3.41. The van der Waals surface area contributed by atoms with Crippen LogP contribution in [-0.4, -0.2) is 24.1 Å². The molecule has 1 nitrogen and oxygen atoms in total. The Hall–Kier alpha value is -0.470. The van der Waals surface area contributed by atoms with Crippen LogP contribution in [0.5, 0.6) is 0 Å². The summed E-state index contributed by atoms with van der Waals surface area (Å²) in [6.45, 7) is 7.90. The van der Waals surface area contributed by atoms with Crippen LogP contribution in [0.4, 0.5) is 0 Å². The van der Waals surface area contributed by atoms with Crippen LogP contribution in [0.2, 0.25) is 0 Å². The summed E-state index contributed by atoms with van der Waals surface area (Å²) in [6.07, 6.45) is 2.48. The molecule has 100 valence electrons. The van der Waals surface area contributed by atoms with Crippen LogP contribution in [-0.2, 0) is 6.42 Å². The van der Waals surface area contributed by atoms with Gasteiger partial charge in [0.05, 0.1) is 0 Å². The van der Waals surface area contributed by atoms with Crippen LogP contribution in [0.3, 0.4) is 0 Å². The van der Waals surface area contributed by atoms with Gasteiger partial charge in [-0.3, -0.25) is 0 Å². The summed E-state index contributed by atoms with van der Waals surface area (Å²) < 4.78 is 0. The average Bonchev–Trinajstić information content (AvgIpc) is 2.79. The number of benzene rings is 1. The van der Waals surface area contributed by atoms with E-state index in [1.54, 1.807) is 5.56 Å². The Bertz CT molecular complexity index is 368. The highest BCUT2D eigenvalue weighted by Crippen LogP contribution is 2.29. The van der Waals surface area contributed by atoms with E-state index in [0.29, 0.717) is 6.04 Å². The lowest BCUT2D eigenvalue weighted by molar-refractivity contribution is 0.424. The Labute approximate surface area is 116 Å². The predicted octanol–water partition coefficient (Wildman–Crippen LogP) is 3.58. The number of rotatable bonds is 5. The minimum Gasteiger partial charge on any atom is -0.313 e. The fourth-order valence-electron chi connectivity index (χ4n) is 2.79. The summed E-state index contributed by atoms with van der Waals surface area (Å²) in [4.78, 5) is 0. The second kappa shape index (κ2) is 6.63. The van der Waals surface area contributed by atoms with Crippen LogP contribution in [0, 0.1) is 19.8 Å². The third-order valence-corrected chi connectivity index (χ3v) is 5.22. The normalized spacial score (nSPS) is 23.5. The van der Waals surface area contributed by atoms with Gasteiger partial charge < -0.3 is 5.32 Å². The molecule has 0 aliphatic carbocycles. The highest BCUT2D eigenvalue weighted by Gasteiger charge is 2.27. The standard InChI is InChI=1S/C16H25NS/c1-4-8-17-16-11-18-10-14(16)9-15-12(2)6-5-7-13(15)3/h5-7,14,16-17H,4,8-11H2,1-3H3. The van der Waals surface area contributed by atoms with Crippen LogP contribution in [0.1, 0.15) is 30.0 Å². The molecule has 0 bridgehead atoms. The molecule has 2 unspecified atom stereocenters. The largest absolute Gasteiger partial charge is 0.313 e. The van der Waals surface area contributed by atoms with Gasteiger partial charge >= 0.3 is 0 Å². The molecule has 0 radical (unpaired) electrons. The quantitative estimate of drug-likeness (QED) is 0.871. The summed E-state index contributed by atoms with van der Waals surface area (Å²) >= 11 is 2.11. The number of hydrogen-bond acceptors (Lipinski definition) is 2. The maximum Gasteiger partial charge on any atom is 0.0197 e. The van der Waals surface area contributed by atoms with Crippen molar-refractivity contribution < 1.29 is 0 Å². The summed E-state index contributed by atoms with van der Waals surface area (Å²) in [5.41, 5.74) is 4.50. The maximum atomic E-state index is 3.72. The molecular weight excluding hydrogens is 238 g/mol. The molecule has 18 heavy (non-hydrogen) atoms. The van der Waals surface area contributed by atoms with Gasteiger partial charge in [0.1, 0.15) is 0 Å². The first-order valence-electron chi connectivity index (χ1n) is 7.08. The van der Waals surface area contributed by atoms with Crippen LogP contribution in [0.25, 0.3) is 0 Å². The van der Waals surface area contributed by atoms with Crippen molar-refractivity contribution in [2.24, 2.45) is 5.92 Å². The molecule has 1 aliphatic rings. The first kappa shape index (κ1) is 14.0. The lowest BCUT2D eigenvalue weighted by atomic mass is 9.90. The zero-order valence-corrected chi connectivity index (χ0v) is 12.6. The zero-order valence-electron chi connectivity index (χ0n) is 11.8. The van der Waals surface area contributed by atoms with Crippen molar-refractivity contribution in [3.8, 4) is 0 Å². The van der Waals surface area contributed by atoms with E-state index in [9.17, 15) is 0 Å². The molecule has 2 rings (SSSR count). The molecule has 1 aromatic rings. The Morgan fingerprint density at radius 1 is 1.22 bits per heavy atom.